The Balaban J connectivity index is 2.27. The number of unbranched alkanes of at least 4 members (excludes halogenated alkanes) is 2. The molecule has 0 aromatic rings. The highest BCUT2D eigenvalue weighted by atomic mass is 16.4. The third-order valence-corrected chi connectivity index (χ3v) is 2.84. The molecule has 0 radical (unpaired) electrons. The lowest BCUT2D eigenvalue weighted by Crippen LogP contribution is -2.22. The van der Waals surface area contributed by atoms with E-state index in [4.69, 9.17) is 5.11 Å². The summed E-state index contributed by atoms with van der Waals surface area (Å²) in [4.78, 5) is 10.8. The summed E-state index contributed by atoms with van der Waals surface area (Å²) < 4.78 is 0. The molecule has 76 valence electrons. The van der Waals surface area contributed by atoms with Gasteiger partial charge < -0.3 is 10.4 Å². The Morgan fingerprint density at radius 3 is 2.85 bits per heavy atom. The Kier molecular flexibility index (Phi) is 4.22. The van der Waals surface area contributed by atoms with Crippen LogP contribution in [0.15, 0.2) is 0 Å². The highest BCUT2D eigenvalue weighted by Gasteiger charge is 2.31. The summed E-state index contributed by atoms with van der Waals surface area (Å²) in [5, 5.41) is 12.1. The van der Waals surface area contributed by atoms with Gasteiger partial charge in [0.1, 0.15) is 0 Å². The van der Waals surface area contributed by atoms with Crippen molar-refractivity contribution in [3.8, 4) is 0 Å². The lowest BCUT2D eigenvalue weighted by atomic mass is 9.91. The van der Waals surface area contributed by atoms with Gasteiger partial charge >= 0.3 is 5.97 Å². The molecule has 2 atom stereocenters. The van der Waals surface area contributed by atoms with Gasteiger partial charge in [-0.05, 0) is 18.9 Å². The van der Waals surface area contributed by atoms with Crippen LogP contribution in [0, 0.1) is 11.8 Å². The highest BCUT2D eigenvalue weighted by Crippen LogP contribution is 2.22. The fourth-order valence-electron chi connectivity index (χ4n) is 1.98. The van der Waals surface area contributed by atoms with E-state index in [-0.39, 0.29) is 5.92 Å². The Labute approximate surface area is 79.5 Å². The predicted molar refractivity (Wildman–Crippen MR) is 51.6 cm³/mol. The average Bonchev–Trinajstić information content (AvgIpc) is 2.53. The summed E-state index contributed by atoms with van der Waals surface area (Å²) in [5.74, 6) is -0.410. The van der Waals surface area contributed by atoms with Crippen LogP contribution in [0.2, 0.25) is 0 Å². The third-order valence-electron chi connectivity index (χ3n) is 2.84. The first-order chi connectivity index (χ1) is 6.25. The van der Waals surface area contributed by atoms with Crippen molar-refractivity contribution in [1.82, 2.24) is 5.32 Å². The first kappa shape index (κ1) is 10.5. The molecule has 1 saturated heterocycles. The van der Waals surface area contributed by atoms with E-state index in [2.05, 4.69) is 12.2 Å². The molecule has 0 saturated carbocycles. The maximum absolute atomic E-state index is 10.8. The lowest BCUT2D eigenvalue weighted by Gasteiger charge is -2.13. The quantitative estimate of drug-likeness (QED) is 0.638. The van der Waals surface area contributed by atoms with Gasteiger partial charge in [0.05, 0.1) is 5.92 Å². The van der Waals surface area contributed by atoms with E-state index in [1.165, 1.54) is 19.3 Å². The van der Waals surface area contributed by atoms with Crippen molar-refractivity contribution in [2.24, 2.45) is 11.8 Å². The normalized spacial score (nSPS) is 27.8. The molecule has 0 amide bonds. The van der Waals surface area contributed by atoms with Crippen LogP contribution in [0.25, 0.3) is 0 Å². The van der Waals surface area contributed by atoms with Crippen LogP contribution in [0.4, 0.5) is 0 Å². The van der Waals surface area contributed by atoms with E-state index in [9.17, 15) is 4.79 Å². The molecule has 1 rings (SSSR count). The molecule has 1 aliphatic rings. The van der Waals surface area contributed by atoms with Crippen LogP contribution in [0.5, 0.6) is 0 Å². The number of hydrogen-bond donors (Lipinski definition) is 2. The van der Waals surface area contributed by atoms with E-state index in [1.54, 1.807) is 0 Å². The molecule has 3 nitrogen and oxygen atoms in total. The van der Waals surface area contributed by atoms with Gasteiger partial charge in [0, 0.05) is 6.54 Å². The van der Waals surface area contributed by atoms with Crippen molar-refractivity contribution in [2.75, 3.05) is 13.1 Å². The molecule has 2 N–H and O–H groups in total. The van der Waals surface area contributed by atoms with E-state index in [0.29, 0.717) is 12.5 Å². The van der Waals surface area contributed by atoms with Gasteiger partial charge in [-0.3, -0.25) is 4.79 Å². The third kappa shape index (κ3) is 2.99. The zero-order valence-electron chi connectivity index (χ0n) is 8.25. The highest BCUT2D eigenvalue weighted by molar-refractivity contribution is 5.71. The van der Waals surface area contributed by atoms with Gasteiger partial charge in [-0.15, -0.1) is 0 Å². The van der Waals surface area contributed by atoms with Crippen LogP contribution >= 0.6 is 0 Å². The van der Waals surface area contributed by atoms with Gasteiger partial charge in [0.25, 0.3) is 0 Å². The number of carboxylic acids is 1. The standard InChI is InChI=1S/C10H19NO2/c1-2-3-4-5-8-6-11-7-9(8)10(12)13/h8-9,11H,2-7H2,1H3,(H,12,13). The molecule has 0 bridgehead atoms. The van der Waals surface area contributed by atoms with E-state index < -0.39 is 5.97 Å². The molecule has 0 aromatic heterocycles. The SMILES string of the molecule is CCCCCC1CNCC1C(=O)O. The summed E-state index contributed by atoms with van der Waals surface area (Å²) in [7, 11) is 0. The molecule has 1 fully saturated rings. The minimum atomic E-state index is -0.633. The van der Waals surface area contributed by atoms with Crippen molar-refractivity contribution < 1.29 is 9.90 Å². The second-order valence-corrected chi connectivity index (χ2v) is 3.86. The Morgan fingerprint density at radius 1 is 1.46 bits per heavy atom. The van der Waals surface area contributed by atoms with Gasteiger partial charge in [0.15, 0.2) is 0 Å². The minimum absolute atomic E-state index is 0.142. The van der Waals surface area contributed by atoms with Crippen molar-refractivity contribution in [2.45, 2.75) is 32.6 Å². The number of carbonyl (C=O) groups is 1. The Hall–Kier alpha value is -0.570. The first-order valence-electron chi connectivity index (χ1n) is 5.19. The fourth-order valence-corrected chi connectivity index (χ4v) is 1.98. The van der Waals surface area contributed by atoms with E-state index in [0.717, 1.165) is 13.0 Å². The maximum atomic E-state index is 10.8. The second-order valence-electron chi connectivity index (χ2n) is 3.86. The molecule has 1 heterocycles. The molecule has 0 aromatic carbocycles. The second kappa shape index (κ2) is 5.22. The maximum Gasteiger partial charge on any atom is 0.308 e. The summed E-state index contributed by atoms with van der Waals surface area (Å²) in [5.41, 5.74) is 0. The molecule has 13 heavy (non-hydrogen) atoms. The smallest absolute Gasteiger partial charge is 0.308 e. The van der Waals surface area contributed by atoms with Crippen LogP contribution in [0.1, 0.15) is 32.6 Å². The van der Waals surface area contributed by atoms with Crippen LogP contribution in [-0.4, -0.2) is 24.2 Å². The monoisotopic (exact) mass is 185 g/mol. The number of carboxylic acid groups (broad SMARTS) is 1. The summed E-state index contributed by atoms with van der Waals surface area (Å²) in [6.45, 7) is 3.72. The van der Waals surface area contributed by atoms with Crippen molar-refractivity contribution in [1.29, 1.82) is 0 Å². The number of rotatable bonds is 5. The van der Waals surface area contributed by atoms with E-state index >= 15 is 0 Å². The molecular weight excluding hydrogens is 166 g/mol. The summed E-state index contributed by atoms with van der Waals surface area (Å²) in [6, 6.07) is 0. The minimum Gasteiger partial charge on any atom is -0.481 e. The summed E-state index contributed by atoms with van der Waals surface area (Å²) in [6.07, 6.45) is 4.67. The van der Waals surface area contributed by atoms with Gasteiger partial charge in [0.2, 0.25) is 0 Å². The topological polar surface area (TPSA) is 49.3 Å². The zero-order valence-corrected chi connectivity index (χ0v) is 8.25. The van der Waals surface area contributed by atoms with Crippen molar-refractivity contribution in [3.05, 3.63) is 0 Å². The zero-order chi connectivity index (χ0) is 9.68. The molecule has 0 aliphatic carbocycles. The number of nitrogens with one attached hydrogen (secondary N) is 1. The molecule has 2 unspecified atom stereocenters. The number of hydrogen-bond acceptors (Lipinski definition) is 2. The molecule has 3 heteroatoms. The summed E-state index contributed by atoms with van der Waals surface area (Å²) >= 11 is 0. The van der Waals surface area contributed by atoms with Crippen molar-refractivity contribution >= 4 is 5.97 Å². The van der Waals surface area contributed by atoms with E-state index in [1.807, 2.05) is 0 Å². The molecule has 1 aliphatic heterocycles. The fraction of sp³-hybridized carbons (Fsp3) is 0.900. The number of aliphatic carboxylic acids is 1. The van der Waals surface area contributed by atoms with Crippen LogP contribution in [0.3, 0.4) is 0 Å². The van der Waals surface area contributed by atoms with Crippen LogP contribution < -0.4 is 5.32 Å². The Bertz CT molecular complexity index is 170. The largest absolute Gasteiger partial charge is 0.481 e. The Morgan fingerprint density at radius 2 is 2.23 bits per heavy atom. The molecular formula is C10H19NO2. The van der Waals surface area contributed by atoms with Crippen molar-refractivity contribution in [3.63, 3.8) is 0 Å². The van der Waals surface area contributed by atoms with Gasteiger partial charge in [-0.2, -0.15) is 0 Å². The molecule has 0 spiro atoms. The lowest BCUT2D eigenvalue weighted by molar-refractivity contribution is -0.142. The van der Waals surface area contributed by atoms with Gasteiger partial charge in [-0.1, -0.05) is 26.2 Å². The average molecular weight is 185 g/mol. The van der Waals surface area contributed by atoms with Crippen LogP contribution in [-0.2, 0) is 4.79 Å². The predicted octanol–water partition coefficient (Wildman–Crippen LogP) is 1.49. The van der Waals surface area contributed by atoms with Gasteiger partial charge in [-0.25, -0.2) is 0 Å². The first-order valence-corrected chi connectivity index (χ1v) is 5.19.